The quantitative estimate of drug-likeness (QED) is 0.688. The Balaban J connectivity index is 1.71. The number of ether oxygens (including phenoxy) is 2. The average molecular weight is 367 g/mol. The van der Waals surface area contributed by atoms with Crippen molar-refractivity contribution in [2.45, 2.75) is 6.42 Å². The van der Waals surface area contributed by atoms with Gasteiger partial charge in [-0.05, 0) is 42.5 Å². The number of nitriles is 1. The lowest BCUT2D eigenvalue weighted by Crippen LogP contribution is -2.05. The van der Waals surface area contributed by atoms with Gasteiger partial charge in [0.15, 0.2) is 0 Å². The molecule has 2 aromatic rings. The van der Waals surface area contributed by atoms with Gasteiger partial charge in [0.2, 0.25) is 0 Å². The van der Waals surface area contributed by atoms with Crippen LogP contribution in [-0.4, -0.2) is 13.2 Å². The summed E-state index contributed by atoms with van der Waals surface area (Å²) in [6.45, 7) is 1.07. The normalized spacial score (nSPS) is 9.95. The summed E-state index contributed by atoms with van der Waals surface area (Å²) >= 11 is 9.40. The molecule has 0 aliphatic heterocycles. The van der Waals surface area contributed by atoms with Gasteiger partial charge in [0.25, 0.3) is 0 Å². The molecule has 21 heavy (non-hydrogen) atoms. The van der Waals surface area contributed by atoms with Crippen LogP contribution in [0.5, 0.6) is 11.5 Å². The molecule has 0 aliphatic carbocycles. The first-order valence-corrected chi connectivity index (χ1v) is 7.57. The third kappa shape index (κ3) is 4.96. The molecule has 108 valence electrons. The summed E-state index contributed by atoms with van der Waals surface area (Å²) in [5.74, 6) is 1.41. The fourth-order valence-electron chi connectivity index (χ4n) is 1.65. The Kier molecular flexibility index (Phi) is 5.91. The average Bonchev–Trinajstić information content (AvgIpc) is 2.49. The lowest BCUT2D eigenvalue weighted by Gasteiger charge is -2.09. The summed E-state index contributed by atoms with van der Waals surface area (Å²) in [4.78, 5) is 0. The maximum absolute atomic E-state index is 8.70. The first kappa shape index (κ1) is 15.7. The number of halogens is 2. The van der Waals surface area contributed by atoms with Crippen molar-refractivity contribution in [1.82, 2.24) is 0 Å². The van der Waals surface area contributed by atoms with Crippen LogP contribution in [-0.2, 0) is 0 Å². The summed E-state index contributed by atoms with van der Waals surface area (Å²) in [6.07, 6.45) is 0.742. The van der Waals surface area contributed by atoms with Crippen molar-refractivity contribution in [1.29, 1.82) is 5.26 Å². The van der Waals surface area contributed by atoms with E-state index in [1.807, 2.05) is 12.1 Å². The highest BCUT2D eigenvalue weighted by Gasteiger charge is 2.02. The van der Waals surface area contributed by atoms with Gasteiger partial charge in [-0.3, -0.25) is 0 Å². The Morgan fingerprint density at radius 3 is 2.43 bits per heavy atom. The van der Waals surface area contributed by atoms with Crippen LogP contribution in [0.15, 0.2) is 46.9 Å². The van der Waals surface area contributed by atoms with Crippen LogP contribution in [0.3, 0.4) is 0 Å². The molecule has 0 saturated heterocycles. The fourth-order valence-corrected chi connectivity index (χ4v) is 2.38. The SMILES string of the molecule is N#Cc1ccc(OCCCOc2ccc(Br)cc2Cl)cc1. The first-order valence-electron chi connectivity index (χ1n) is 6.40. The number of hydrogen-bond donors (Lipinski definition) is 0. The van der Waals surface area contributed by atoms with E-state index < -0.39 is 0 Å². The van der Waals surface area contributed by atoms with Gasteiger partial charge >= 0.3 is 0 Å². The number of benzene rings is 2. The second-order valence-corrected chi connectivity index (χ2v) is 5.58. The van der Waals surface area contributed by atoms with E-state index in [1.165, 1.54) is 0 Å². The molecule has 0 N–H and O–H groups in total. The van der Waals surface area contributed by atoms with Crippen molar-refractivity contribution >= 4 is 27.5 Å². The standard InChI is InChI=1S/C16H13BrClNO2/c17-13-4-7-16(15(18)10-13)21-9-1-8-20-14-5-2-12(11-19)3-6-14/h2-7,10H,1,8-9H2. The van der Waals surface area contributed by atoms with E-state index in [2.05, 4.69) is 22.0 Å². The molecule has 2 aromatic carbocycles. The number of rotatable bonds is 6. The highest BCUT2D eigenvalue weighted by molar-refractivity contribution is 9.10. The van der Waals surface area contributed by atoms with Crippen LogP contribution in [0, 0.1) is 11.3 Å². The molecule has 0 radical (unpaired) electrons. The van der Waals surface area contributed by atoms with E-state index in [0.29, 0.717) is 29.5 Å². The lowest BCUT2D eigenvalue weighted by molar-refractivity contribution is 0.247. The van der Waals surface area contributed by atoms with Gasteiger partial charge in [0.1, 0.15) is 11.5 Å². The zero-order valence-corrected chi connectivity index (χ0v) is 13.5. The molecule has 0 unspecified atom stereocenters. The van der Waals surface area contributed by atoms with Gasteiger partial charge in [-0.25, -0.2) is 0 Å². The predicted octanol–water partition coefficient (Wildman–Crippen LogP) is 4.82. The van der Waals surface area contributed by atoms with Crippen molar-refractivity contribution in [3.63, 3.8) is 0 Å². The maximum Gasteiger partial charge on any atom is 0.137 e. The number of hydrogen-bond acceptors (Lipinski definition) is 3. The smallest absolute Gasteiger partial charge is 0.137 e. The molecule has 0 spiro atoms. The summed E-state index contributed by atoms with van der Waals surface area (Å²) in [7, 11) is 0. The lowest BCUT2D eigenvalue weighted by atomic mass is 10.2. The first-order chi connectivity index (χ1) is 10.2. The van der Waals surface area contributed by atoms with Crippen molar-refractivity contribution in [3.05, 3.63) is 57.5 Å². The molecule has 0 aliphatic rings. The molecule has 5 heteroatoms. The van der Waals surface area contributed by atoms with E-state index in [4.69, 9.17) is 26.3 Å². The highest BCUT2D eigenvalue weighted by Crippen LogP contribution is 2.27. The molecule has 0 aromatic heterocycles. The third-order valence-electron chi connectivity index (χ3n) is 2.69. The van der Waals surface area contributed by atoms with Crippen LogP contribution in [0.1, 0.15) is 12.0 Å². The third-order valence-corrected chi connectivity index (χ3v) is 3.48. The summed E-state index contributed by atoms with van der Waals surface area (Å²) in [5, 5.41) is 9.28. The van der Waals surface area contributed by atoms with E-state index in [0.717, 1.165) is 16.6 Å². The van der Waals surface area contributed by atoms with Gasteiger partial charge in [-0.15, -0.1) is 0 Å². The molecule has 2 rings (SSSR count). The van der Waals surface area contributed by atoms with Crippen LogP contribution < -0.4 is 9.47 Å². The Morgan fingerprint density at radius 1 is 1.05 bits per heavy atom. The van der Waals surface area contributed by atoms with Gasteiger partial charge < -0.3 is 9.47 Å². The van der Waals surface area contributed by atoms with E-state index in [-0.39, 0.29) is 0 Å². The zero-order chi connectivity index (χ0) is 15.1. The number of nitrogens with zero attached hydrogens (tertiary/aromatic N) is 1. The van der Waals surface area contributed by atoms with Crippen molar-refractivity contribution in [3.8, 4) is 17.6 Å². The fraction of sp³-hybridized carbons (Fsp3) is 0.188. The van der Waals surface area contributed by atoms with Gasteiger partial charge in [0, 0.05) is 10.9 Å². The molecule has 0 atom stereocenters. The Bertz CT molecular complexity index is 638. The minimum absolute atomic E-state index is 0.525. The molecular weight excluding hydrogens is 354 g/mol. The van der Waals surface area contributed by atoms with Crippen molar-refractivity contribution < 1.29 is 9.47 Å². The summed E-state index contributed by atoms with van der Waals surface area (Å²) < 4.78 is 12.1. The van der Waals surface area contributed by atoms with Crippen molar-refractivity contribution in [2.24, 2.45) is 0 Å². The maximum atomic E-state index is 8.70. The largest absolute Gasteiger partial charge is 0.493 e. The second-order valence-electron chi connectivity index (χ2n) is 4.26. The van der Waals surface area contributed by atoms with Gasteiger partial charge in [-0.1, -0.05) is 27.5 Å². The van der Waals surface area contributed by atoms with E-state index in [1.54, 1.807) is 30.3 Å². The molecule has 0 heterocycles. The molecule has 0 saturated carbocycles. The van der Waals surface area contributed by atoms with E-state index in [9.17, 15) is 0 Å². The van der Waals surface area contributed by atoms with Crippen LogP contribution in [0.4, 0.5) is 0 Å². The Hall–Kier alpha value is -1.70. The van der Waals surface area contributed by atoms with Crippen molar-refractivity contribution in [2.75, 3.05) is 13.2 Å². The van der Waals surface area contributed by atoms with Gasteiger partial charge in [0.05, 0.1) is 29.9 Å². The molecule has 0 amide bonds. The summed E-state index contributed by atoms with van der Waals surface area (Å²) in [6, 6.07) is 14.6. The monoisotopic (exact) mass is 365 g/mol. The highest BCUT2D eigenvalue weighted by atomic mass is 79.9. The minimum atomic E-state index is 0.525. The topological polar surface area (TPSA) is 42.2 Å². The van der Waals surface area contributed by atoms with Crippen LogP contribution in [0.2, 0.25) is 5.02 Å². The Labute approximate surface area is 137 Å². The van der Waals surface area contributed by atoms with Gasteiger partial charge in [-0.2, -0.15) is 5.26 Å². The predicted molar refractivity (Wildman–Crippen MR) is 85.9 cm³/mol. The molecular formula is C16H13BrClNO2. The van der Waals surface area contributed by atoms with Crippen LogP contribution in [0.25, 0.3) is 0 Å². The molecule has 0 fully saturated rings. The minimum Gasteiger partial charge on any atom is -0.493 e. The van der Waals surface area contributed by atoms with Crippen LogP contribution >= 0.6 is 27.5 Å². The van der Waals surface area contributed by atoms with E-state index >= 15 is 0 Å². The zero-order valence-electron chi connectivity index (χ0n) is 11.2. The molecule has 0 bridgehead atoms. The molecule has 3 nitrogen and oxygen atoms in total. The Morgan fingerprint density at radius 2 is 1.76 bits per heavy atom. The second kappa shape index (κ2) is 7.92. The summed E-state index contributed by atoms with van der Waals surface area (Å²) in [5.41, 5.74) is 0.621.